The van der Waals surface area contributed by atoms with Crippen molar-refractivity contribution in [3.05, 3.63) is 55.9 Å². The van der Waals surface area contributed by atoms with Crippen LogP contribution in [0.4, 0.5) is 5.95 Å². The average Bonchev–Trinajstić information content (AvgIpc) is 2.93. The number of aryl methyl sites for hydroxylation is 2. The molecular formula is C17H22N4O2. The van der Waals surface area contributed by atoms with Crippen molar-refractivity contribution in [1.82, 2.24) is 14.5 Å². The van der Waals surface area contributed by atoms with Crippen molar-refractivity contribution in [1.29, 1.82) is 0 Å². The van der Waals surface area contributed by atoms with Crippen LogP contribution in [0.25, 0.3) is 0 Å². The molecular weight excluding hydrogens is 292 g/mol. The van der Waals surface area contributed by atoms with E-state index in [2.05, 4.69) is 33.5 Å². The standard InChI is InChI=1S/C17H22N4O2/c1-10(2)21-16(22)19-15(20-17(21)23)18-11(3)13-8-7-12-5-4-6-14(12)9-13/h7-11H,4-6H2,1-3H3,(H2,18,19,20,22,23)/t11-/m0/s1. The second-order valence-electron chi connectivity index (χ2n) is 6.38. The van der Waals surface area contributed by atoms with Crippen LogP contribution < -0.4 is 16.7 Å². The molecule has 1 aromatic carbocycles. The molecule has 0 saturated carbocycles. The summed E-state index contributed by atoms with van der Waals surface area (Å²) in [5, 5.41) is 3.12. The Bertz CT molecular complexity index is 804. The molecule has 6 nitrogen and oxygen atoms in total. The van der Waals surface area contributed by atoms with Gasteiger partial charge in [0.25, 0.3) is 0 Å². The second-order valence-corrected chi connectivity index (χ2v) is 6.38. The van der Waals surface area contributed by atoms with Crippen LogP contribution in [0.5, 0.6) is 0 Å². The largest absolute Gasteiger partial charge is 0.355 e. The lowest BCUT2D eigenvalue weighted by atomic mass is 10.0. The van der Waals surface area contributed by atoms with Crippen molar-refractivity contribution in [2.45, 2.75) is 52.1 Å². The molecule has 1 atom stereocenters. The molecule has 1 aliphatic rings. The number of aromatic nitrogens is 3. The number of hydrogen-bond donors (Lipinski definition) is 2. The van der Waals surface area contributed by atoms with Gasteiger partial charge in [0.15, 0.2) is 0 Å². The zero-order chi connectivity index (χ0) is 16.6. The number of aromatic amines is 1. The number of anilines is 1. The predicted octanol–water partition coefficient (Wildman–Crippen LogP) is 2.17. The Hall–Kier alpha value is -2.37. The molecule has 0 saturated heterocycles. The van der Waals surface area contributed by atoms with Gasteiger partial charge in [0.1, 0.15) is 0 Å². The topological polar surface area (TPSA) is 79.8 Å². The summed E-state index contributed by atoms with van der Waals surface area (Å²) < 4.78 is 1.10. The van der Waals surface area contributed by atoms with Gasteiger partial charge < -0.3 is 5.32 Å². The molecule has 6 heteroatoms. The molecule has 1 aromatic heterocycles. The third-order valence-electron chi connectivity index (χ3n) is 4.35. The lowest BCUT2D eigenvalue weighted by Gasteiger charge is -2.16. The summed E-state index contributed by atoms with van der Waals surface area (Å²) in [4.78, 5) is 30.5. The van der Waals surface area contributed by atoms with E-state index in [0.29, 0.717) is 0 Å². The Morgan fingerprint density at radius 1 is 1.17 bits per heavy atom. The zero-order valence-corrected chi connectivity index (χ0v) is 13.7. The summed E-state index contributed by atoms with van der Waals surface area (Å²) >= 11 is 0. The van der Waals surface area contributed by atoms with Gasteiger partial charge in [0, 0.05) is 6.04 Å². The molecule has 0 radical (unpaired) electrons. The van der Waals surface area contributed by atoms with Crippen LogP contribution in [-0.2, 0) is 12.8 Å². The van der Waals surface area contributed by atoms with Crippen LogP contribution >= 0.6 is 0 Å². The third-order valence-corrected chi connectivity index (χ3v) is 4.35. The van der Waals surface area contributed by atoms with Crippen molar-refractivity contribution in [2.24, 2.45) is 0 Å². The van der Waals surface area contributed by atoms with Gasteiger partial charge in [0.2, 0.25) is 5.95 Å². The summed E-state index contributed by atoms with van der Waals surface area (Å²) in [6, 6.07) is 6.20. The Labute approximate surface area is 134 Å². The van der Waals surface area contributed by atoms with E-state index in [9.17, 15) is 9.59 Å². The summed E-state index contributed by atoms with van der Waals surface area (Å²) in [5.74, 6) is 0.213. The fraction of sp³-hybridized carbons (Fsp3) is 0.471. The molecule has 1 heterocycles. The molecule has 1 aliphatic carbocycles. The normalized spacial score (nSPS) is 14.8. The molecule has 23 heavy (non-hydrogen) atoms. The van der Waals surface area contributed by atoms with Gasteiger partial charge in [-0.15, -0.1) is 0 Å². The van der Waals surface area contributed by atoms with E-state index in [1.54, 1.807) is 13.8 Å². The number of rotatable bonds is 4. The molecule has 3 rings (SSSR count). The first-order chi connectivity index (χ1) is 11.0. The fourth-order valence-corrected chi connectivity index (χ4v) is 3.10. The smallest absolute Gasteiger partial charge is 0.349 e. The molecule has 0 fully saturated rings. The lowest BCUT2D eigenvalue weighted by molar-refractivity contribution is 0.529. The third kappa shape index (κ3) is 3.06. The minimum Gasteiger partial charge on any atom is -0.349 e. The van der Waals surface area contributed by atoms with Gasteiger partial charge in [-0.2, -0.15) is 4.98 Å². The number of benzene rings is 1. The van der Waals surface area contributed by atoms with Gasteiger partial charge in [0.05, 0.1) is 6.04 Å². The van der Waals surface area contributed by atoms with Crippen LogP contribution in [0.1, 0.15) is 56.0 Å². The van der Waals surface area contributed by atoms with Crippen molar-refractivity contribution in [2.75, 3.05) is 5.32 Å². The van der Waals surface area contributed by atoms with E-state index >= 15 is 0 Å². The maximum Gasteiger partial charge on any atom is 0.355 e. The molecule has 2 aromatic rings. The van der Waals surface area contributed by atoms with Gasteiger partial charge in [-0.25, -0.2) is 14.2 Å². The number of hydrogen-bond acceptors (Lipinski definition) is 4. The first-order valence-electron chi connectivity index (χ1n) is 8.07. The van der Waals surface area contributed by atoms with Crippen molar-refractivity contribution in [3.63, 3.8) is 0 Å². The van der Waals surface area contributed by atoms with E-state index in [0.717, 1.165) is 23.0 Å². The zero-order valence-electron chi connectivity index (χ0n) is 13.7. The highest BCUT2D eigenvalue weighted by atomic mass is 16.2. The van der Waals surface area contributed by atoms with Crippen LogP contribution in [0.15, 0.2) is 27.8 Å². The summed E-state index contributed by atoms with van der Waals surface area (Å²) in [5.41, 5.74) is 2.97. The molecule has 0 bridgehead atoms. The summed E-state index contributed by atoms with van der Waals surface area (Å²) in [7, 11) is 0. The Morgan fingerprint density at radius 3 is 2.61 bits per heavy atom. The lowest BCUT2D eigenvalue weighted by Crippen LogP contribution is -2.39. The number of H-pyrrole nitrogens is 1. The predicted molar refractivity (Wildman–Crippen MR) is 90.0 cm³/mol. The SMILES string of the molecule is CC(C)n1c(=O)nc(N[C@@H](C)c2ccc3c(c2)CCC3)[nH]c1=O. The van der Waals surface area contributed by atoms with Crippen LogP contribution in [0, 0.1) is 0 Å². The van der Waals surface area contributed by atoms with Crippen molar-refractivity contribution >= 4 is 5.95 Å². The van der Waals surface area contributed by atoms with E-state index < -0.39 is 11.4 Å². The molecule has 0 aliphatic heterocycles. The second kappa shape index (κ2) is 6.02. The number of nitrogens with zero attached hydrogens (tertiary/aromatic N) is 2. The number of fused-ring (bicyclic) bond motifs is 1. The fourth-order valence-electron chi connectivity index (χ4n) is 3.10. The number of nitrogens with one attached hydrogen (secondary N) is 2. The van der Waals surface area contributed by atoms with Gasteiger partial charge in [-0.05, 0) is 56.7 Å². The van der Waals surface area contributed by atoms with E-state index in [1.165, 1.54) is 17.5 Å². The monoisotopic (exact) mass is 314 g/mol. The van der Waals surface area contributed by atoms with Crippen LogP contribution in [-0.4, -0.2) is 14.5 Å². The van der Waals surface area contributed by atoms with E-state index in [-0.39, 0.29) is 18.0 Å². The molecule has 0 unspecified atom stereocenters. The van der Waals surface area contributed by atoms with Crippen LogP contribution in [0.3, 0.4) is 0 Å². The minimum absolute atomic E-state index is 0.0432. The summed E-state index contributed by atoms with van der Waals surface area (Å²) in [6.45, 7) is 5.54. The maximum absolute atomic E-state index is 12.0. The highest BCUT2D eigenvalue weighted by Gasteiger charge is 2.15. The van der Waals surface area contributed by atoms with Gasteiger partial charge in [-0.3, -0.25) is 4.98 Å². The molecule has 2 N–H and O–H groups in total. The molecule has 0 spiro atoms. The van der Waals surface area contributed by atoms with Crippen molar-refractivity contribution in [3.8, 4) is 0 Å². The minimum atomic E-state index is -0.535. The Balaban J connectivity index is 1.84. The summed E-state index contributed by atoms with van der Waals surface area (Å²) in [6.07, 6.45) is 3.48. The average molecular weight is 314 g/mol. The Kier molecular flexibility index (Phi) is 4.07. The maximum atomic E-state index is 12.0. The van der Waals surface area contributed by atoms with Gasteiger partial charge >= 0.3 is 11.4 Å². The van der Waals surface area contributed by atoms with Crippen molar-refractivity contribution < 1.29 is 0 Å². The highest BCUT2D eigenvalue weighted by Crippen LogP contribution is 2.26. The highest BCUT2D eigenvalue weighted by molar-refractivity contribution is 5.39. The first kappa shape index (κ1) is 15.5. The van der Waals surface area contributed by atoms with Gasteiger partial charge in [-0.1, -0.05) is 18.2 Å². The van der Waals surface area contributed by atoms with E-state index in [4.69, 9.17) is 0 Å². The van der Waals surface area contributed by atoms with Crippen LogP contribution in [0.2, 0.25) is 0 Å². The quantitative estimate of drug-likeness (QED) is 0.906. The molecule has 0 amide bonds. The Morgan fingerprint density at radius 2 is 1.91 bits per heavy atom. The molecule has 122 valence electrons. The van der Waals surface area contributed by atoms with E-state index in [1.807, 2.05) is 6.92 Å². The first-order valence-corrected chi connectivity index (χ1v) is 8.07.